The third-order valence-corrected chi connectivity index (χ3v) is 4.82. The number of benzene rings is 2. The maximum absolute atomic E-state index is 13.4. The Morgan fingerprint density at radius 3 is 2.77 bits per heavy atom. The van der Waals surface area contributed by atoms with Crippen molar-refractivity contribution in [3.8, 4) is 17.1 Å². The molecule has 2 aromatic heterocycles. The van der Waals surface area contributed by atoms with Crippen LogP contribution < -0.4 is 5.32 Å². The highest BCUT2D eigenvalue weighted by Crippen LogP contribution is 2.19. The van der Waals surface area contributed by atoms with Gasteiger partial charge in [0.05, 0.1) is 11.4 Å². The van der Waals surface area contributed by atoms with Crippen molar-refractivity contribution < 1.29 is 13.7 Å². The molecule has 31 heavy (non-hydrogen) atoms. The maximum atomic E-state index is 13.4. The highest BCUT2D eigenvalue weighted by molar-refractivity contribution is 5.76. The number of carbonyl (C=O) groups is 1. The smallest absolute Gasteiger partial charge is 0.227 e. The number of para-hydroxylation sites is 1. The van der Waals surface area contributed by atoms with E-state index in [9.17, 15) is 9.18 Å². The van der Waals surface area contributed by atoms with Gasteiger partial charge in [-0.3, -0.25) is 4.79 Å². The van der Waals surface area contributed by atoms with Crippen molar-refractivity contribution in [3.63, 3.8) is 0 Å². The van der Waals surface area contributed by atoms with E-state index < -0.39 is 0 Å². The summed E-state index contributed by atoms with van der Waals surface area (Å²) in [6.07, 6.45) is 3.12. The van der Waals surface area contributed by atoms with Crippen molar-refractivity contribution in [2.75, 3.05) is 6.54 Å². The molecule has 0 saturated heterocycles. The zero-order valence-electron chi connectivity index (χ0n) is 17.1. The predicted octanol–water partition coefficient (Wildman–Crippen LogP) is 3.66. The first kappa shape index (κ1) is 20.5. The molecule has 0 atom stereocenters. The highest BCUT2D eigenvalue weighted by atomic mass is 19.1. The summed E-state index contributed by atoms with van der Waals surface area (Å²) in [5.41, 5.74) is 3.08. The van der Waals surface area contributed by atoms with Crippen LogP contribution in [0.15, 0.2) is 65.3 Å². The van der Waals surface area contributed by atoms with Gasteiger partial charge in [-0.05, 0) is 48.9 Å². The number of nitrogens with one attached hydrogen (secondary N) is 1. The number of hydrogen-bond donors (Lipinski definition) is 1. The Labute approximate surface area is 178 Å². The minimum absolute atomic E-state index is 0.0973. The van der Waals surface area contributed by atoms with Gasteiger partial charge in [0.25, 0.3) is 0 Å². The lowest BCUT2D eigenvalue weighted by Gasteiger charge is -2.03. The average molecular weight is 419 g/mol. The fourth-order valence-electron chi connectivity index (χ4n) is 3.12. The highest BCUT2D eigenvalue weighted by Gasteiger charge is 2.12. The number of nitrogens with zero attached hydrogens (tertiary/aromatic N) is 4. The molecule has 8 heteroatoms. The minimum atomic E-state index is -0.282. The molecule has 0 radical (unpaired) electrons. The minimum Gasteiger partial charge on any atom is -0.356 e. The summed E-state index contributed by atoms with van der Waals surface area (Å²) in [4.78, 5) is 16.4. The Morgan fingerprint density at radius 1 is 1.13 bits per heavy atom. The molecule has 7 nitrogen and oxygen atoms in total. The Kier molecular flexibility index (Phi) is 6.16. The second kappa shape index (κ2) is 9.34. The number of aromatic nitrogens is 4. The zero-order chi connectivity index (χ0) is 21.6. The van der Waals surface area contributed by atoms with Crippen molar-refractivity contribution in [2.24, 2.45) is 0 Å². The Morgan fingerprint density at radius 2 is 1.97 bits per heavy atom. The van der Waals surface area contributed by atoms with Gasteiger partial charge >= 0.3 is 0 Å². The molecular formula is C23H22FN5O2. The van der Waals surface area contributed by atoms with E-state index in [1.165, 1.54) is 6.07 Å². The van der Waals surface area contributed by atoms with Crippen LogP contribution in [0.4, 0.5) is 4.39 Å². The summed E-state index contributed by atoms with van der Waals surface area (Å²) in [6, 6.07) is 16.4. The molecule has 0 saturated carbocycles. The molecule has 0 aliphatic heterocycles. The SMILES string of the molecule is Cc1cc(-c2noc(CCC(=O)NCCc3ccn(-c4ccccc4)n3)n2)ccc1F. The molecule has 1 N–H and O–H groups in total. The average Bonchev–Trinajstić information content (AvgIpc) is 3.45. The van der Waals surface area contributed by atoms with Gasteiger partial charge in [-0.25, -0.2) is 9.07 Å². The topological polar surface area (TPSA) is 85.8 Å². The summed E-state index contributed by atoms with van der Waals surface area (Å²) in [6.45, 7) is 2.17. The largest absolute Gasteiger partial charge is 0.356 e. The van der Waals surface area contributed by atoms with E-state index in [0.29, 0.717) is 42.2 Å². The van der Waals surface area contributed by atoms with Crippen molar-refractivity contribution in [1.29, 1.82) is 0 Å². The zero-order valence-corrected chi connectivity index (χ0v) is 17.1. The van der Waals surface area contributed by atoms with E-state index in [4.69, 9.17) is 4.52 Å². The molecule has 0 aliphatic rings. The Bertz CT molecular complexity index is 1170. The maximum Gasteiger partial charge on any atom is 0.227 e. The van der Waals surface area contributed by atoms with Crippen LogP contribution in [0.25, 0.3) is 17.1 Å². The van der Waals surface area contributed by atoms with Crippen molar-refractivity contribution in [1.82, 2.24) is 25.2 Å². The van der Waals surface area contributed by atoms with Crippen LogP contribution in [0.3, 0.4) is 0 Å². The molecule has 1 amide bonds. The van der Waals surface area contributed by atoms with Gasteiger partial charge in [0.1, 0.15) is 5.82 Å². The van der Waals surface area contributed by atoms with Crippen LogP contribution in [0.5, 0.6) is 0 Å². The van der Waals surface area contributed by atoms with Gasteiger partial charge in [0.15, 0.2) is 0 Å². The van der Waals surface area contributed by atoms with Gasteiger partial charge in [-0.2, -0.15) is 10.1 Å². The molecule has 2 aromatic carbocycles. The first-order valence-electron chi connectivity index (χ1n) is 10.0. The fourth-order valence-corrected chi connectivity index (χ4v) is 3.12. The third-order valence-electron chi connectivity index (χ3n) is 4.82. The fraction of sp³-hybridized carbons (Fsp3) is 0.217. The van der Waals surface area contributed by atoms with E-state index in [-0.39, 0.29) is 18.1 Å². The number of aryl methyl sites for hydroxylation is 2. The number of rotatable bonds is 8. The summed E-state index contributed by atoms with van der Waals surface area (Å²) in [7, 11) is 0. The van der Waals surface area contributed by atoms with E-state index in [1.807, 2.05) is 47.3 Å². The van der Waals surface area contributed by atoms with Gasteiger partial charge in [0, 0.05) is 37.6 Å². The predicted molar refractivity (Wildman–Crippen MR) is 113 cm³/mol. The lowest BCUT2D eigenvalue weighted by molar-refractivity contribution is -0.121. The quantitative estimate of drug-likeness (QED) is 0.471. The Hall–Kier alpha value is -3.81. The molecule has 0 bridgehead atoms. The van der Waals surface area contributed by atoms with Gasteiger partial charge in [-0.1, -0.05) is 23.4 Å². The van der Waals surface area contributed by atoms with Crippen LogP contribution in [0.2, 0.25) is 0 Å². The normalized spacial score (nSPS) is 10.9. The van der Waals surface area contributed by atoms with Gasteiger partial charge in [0.2, 0.25) is 17.6 Å². The molecule has 4 rings (SSSR count). The lowest BCUT2D eigenvalue weighted by Crippen LogP contribution is -2.26. The summed E-state index contributed by atoms with van der Waals surface area (Å²) >= 11 is 0. The summed E-state index contributed by atoms with van der Waals surface area (Å²) in [5.74, 6) is 0.372. The third kappa shape index (κ3) is 5.22. The second-order valence-corrected chi connectivity index (χ2v) is 7.16. The monoisotopic (exact) mass is 419 g/mol. The van der Waals surface area contributed by atoms with Gasteiger partial charge in [-0.15, -0.1) is 0 Å². The molecule has 0 spiro atoms. The standard InChI is InChI=1S/C23H22FN5O2/c1-16-15-17(7-8-20(16)24)23-26-22(31-28-23)10-9-21(30)25-13-11-18-12-14-29(27-18)19-5-3-2-4-6-19/h2-8,12,14-15H,9-11,13H2,1H3,(H,25,30). The number of halogens is 1. The van der Waals surface area contributed by atoms with E-state index >= 15 is 0 Å². The number of amides is 1. The molecule has 0 aliphatic carbocycles. The van der Waals surface area contributed by atoms with Crippen LogP contribution >= 0.6 is 0 Å². The molecule has 0 fully saturated rings. The molecule has 2 heterocycles. The van der Waals surface area contributed by atoms with Gasteiger partial charge < -0.3 is 9.84 Å². The first-order chi connectivity index (χ1) is 15.1. The number of hydrogen-bond acceptors (Lipinski definition) is 5. The summed E-state index contributed by atoms with van der Waals surface area (Å²) in [5, 5.41) is 11.3. The van der Waals surface area contributed by atoms with Crippen LogP contribution in [-0.4, -0.2) is 32.4 Å². The van der Waals surface area contributed by atoms with Crippen molar-refractivity contribution in [2.45, 2.75) is 26.2 Å². The Balaban J connectivity index is 1.23. The second-order valence-electron chi connectivity index (χ2n) is 7.16. The molecule has 4 aromatic rings. The van der Waals surface area contributed by atoms with Crippen LogP contribution in [0, 0.1) is 12.7 Å². The molecule has 158 valence electrons. The van der Waals surface area contributed by atoms with Crippen molar-refractivity contribution in [3.05, 3.63) is 83.8 Å². The lowest BCUT2D eigenvalue weighted by atomic mass is 10.1. The molecule has 0 unspecified atom stereocenters. The van der Waals surface area contributed by atoms with E-state index in [0.717, 1.165) is 11.4 Å². The van der Waals surface area contributed by atoms with E-state index in [1.54, 1.807) is 19.1 Å². The summed E-state index contributed by atoms with van der Waals surface area (Å²) < 4.78 is 20.4. The number of carbonyl (C=O) groups excluding carboxylic acids is 1. The first-order valence-corrected chi connectivity index (χ1v) is 10.0. The van der Waals surface area contributed by atoms with Crippen LogP contribution in [-0.2, 0) is 17.6 Å². The van der Waals surface area contributed by atoms with Crippen LogP contribution in [0.1, 0.15) is 23.6 Å². The van der Waals surface area contributed by atoms with Crippen molar-refractivity contribution >= 4 is 5.91 Å². The molecular weight excluding hydrogens is 397 g/mol. The van der Waals surface area contributed by atoms with E-state index in [2.05, 4.69) is 20.6 Å².